The van der Waals surface area contributed by atoms with Crippen LogP contribution < -0.4 is 21.7 Å². The number of hydrogen-bond acceptors (Lipinski definition) is 6. The van der Waals surface area contributed by atoms with Crippen molar-refractivity contribution in [2.24, 2.45) is 28.9 Å². The summed E-state index contributed by atoms with van der Waals surface area (Å²) >= 11 is 0. The second-order valence-corrected chi connectivity index (χ2v) is 14.6. The lowest BCUT2D eigenvalue weighted by Gasteiger charge is -2.48. The van der Waals surface area contributed by atoms with E-state index >= 15 is 0 Å². The smallest absolute Gasteiger partial charge is 0.251 e. The van der Waals surface area contributed by atoms with Crippen molar-refractivity contribution in [1.29, 1.82) is 0 Å². The van der Waals surface area contributed by atoms with Gasteiger partial charge in [0, 0.05) is 37.2 Å². The van der Waals surface area contributed by atoms with Gasteiger partial charge in [0.25, 0.3) is 5.91 Å². The predicted molar refractivity (Wildman–Crippen MR) is 160 cm³/mol. The molecule has 3 saturated carbocycles. The van der Waals surface area contributed by atoms with Crippen molar-refractivity contribution < 1.29 is 28.5 Å². The van der Waals surface area contributed by atoms with Gasteiger partial charge < -0.3 is 21.7 Å². The number of amides is 3. The summed E-state index contributed by atoms with van der Waals surface area (Å²) in [4.78, 5) is 50.9. The minimum Gasteiger partial charge on any atom is -0.356 e. The summed E-state index contributed by atoms with van der Waals surface area (Å²) < 4.78 is 13.1. The number of nitrogens with two attached hydrogens (primary N) is 1. The second-order valence-electron chi connectivity index (χ2n) is 14.6. The van der Waals surface area contributed by atoms with E-state index in [1.54, 1.807) is 0 Å². The topological polar surface area (TPSA) is 132 Å². The SMILES string of the molecule is CC(C)(N)CNC(=O)C[C@H]1CC[C@@]2(CC1)CC1CC3CC(CC(C(=O)NCCCNC(=O)c4ccc(F)cc4)(C3)C1)OO2. The summed E-state index contributed by atoms with van der Waals surface area (Å²) in [5.41, 5.74) is 5.19. The third-order valence-electron chi connectivity index (χ3n) is 10.0. The van der Waals surface area contributed by atoms with Gasteiger partial charge in [-0.05, 0) is 126 Å². The highest BCUT2D eigenvalue weighted by Gasteiger charge is 2.54. The van der Waals surface area contributed by atoms with E-state index in [2.05, 4.69) is 16.0 Å². The van der Waals surface area contributed by atoms with Crippen LogP contribution in [0.2, 0.25) is 0 Å². The fourth-order valence-corrected chi connectivity index (χ4v) is 8.04. The number of nitrogens with one attached hydrogen (secondary N) is 3. The summed E-state index contributed by atoms with van der Waals surface area (Å²) in [6.45, 7) is 5.17. The van der Waals surface area contributed by atoms with Crippen molar-refractivity contribution in [3.8, 4) is 0 Å². The summed E-state index contributed by atoms with van der Waals surface area (Å²) in [7, 11) is 0. The Labute approximate surface area is 254 Å². The van der Waals surface area contributed by atoms with E-state index < -0.39 is 11.0 Å². The molecule has 3 amide bonds. The van der Waals surface area contributed by atoms with Gasteiger partial charge in [0.05, 0.1) is 11.5 Å². The van der Waals surface area contributed by atoms with Gasteiger partial charge in [-0.25, -0.2) is 14.2 Å². The van der Waals surface area contributed by atoms with Gasteiger partial charge in [-0.15, -0.1) is 0 Å². The highest BCUT2D eigenvalue weighted by molar-refractivity contribution is 5.94. The lowest BCUT2D eigenvalue weighted by molar-refractivity contribution is -0.395. The van der Waals surface area contributed by atoms with Gasteiger partial charge in [0.2, 0.25) is 11.8 Å². The summed E-state index contributed by atoms with van der Waals surface area (Å²) in [5, 5.41) is 8.97. The van der Waals surface area contributed by atoms with Gasteiger partial charge in [-0.2, -0.15) is 0 Å². The minimum atomic E-state index is -0.450. The lowest BCUT2D eigenvalue weighted by Crippen LogP contribution is -2.51. The molecule has 3 aliphatic carbocycles. The van der Waals surface area contributed by atoms with Crippen molar-refractivity contribution in [3.63, 3.8) is 0 Å². The first-order valence-electron chi connectivity index (χ1n) is 16.1. The largest absolute Gasteiger partial charge is 0.356 e. The van der Waals surface area contributed by atoms with Crippen LogP contribution in [0.3, 0.4) is 0 Å². The molecule has 2 saturated heterocycles. The molecule has 9 nitrogen and oxygen atoms in total. The van der Waals surface area contributed by atoms with Crippen LogP contribution in [0, 0.1) is 29.0 Å². The third kappa shape index (κ3) is 8.34. The average molecular weight is 601 g/mol. The van der Waals surface area contributed by atoms with E-state index in [0.29, 0.717) is 62.2 Å². The van der Waals surface area contributed by atoms with Gasteiger partial charge in [0.15, 0.2) is 0 Å². The Morgan fingerprint density at radius 1 is 0.953 bits per heavy atom. The molecule has 5 N–H and O–H groups in total. The van der Waals surface area contributed by atoms with Crippen LogP contribution in [0.15, 0.2) is 24.3 Å². The summed E-state index contributed by atoms with van der Waals surface area (Å²) in [6.07, 6.45) is 9.93. The molecule has 5 aliphatic rings. The zero-order chi connectivity index (χ0) is 30.7. The highest BCUT2D eigenvalue weighted by Crippen LogP contribution is 2.56. The van der Waals surface area contributed by atoms with Crippen LogP contribution in [-0.2, 0) is 19.4 Å². The first-order valence-corrected chi connectivity index (χ1v) is 16.1. The maximum absolute atomic E-state index is 13.7. The first-order chi connectivity index (χ1) is 20.4. The molecular formula is C33H49FN4O5. The summed E-state index contributed by atoms with van der Waals surface area (Å²) in [5.74, 6) is 0.688. The van der Waals surface area contributed by atoms with Crippen LogP contribution in [0.4, 0.5) is 4.39 Å². The minimum absolute atomic E-state index is 0.0604. The number of halogens is 1. The maximum Gasteiger partial charge on any atom is 0.251 e. The van der Waals surface area contributed by atoms with Crippen molar-refractivity contribution in [2.75, 3.05) is 19.6 Å². The average Bonchev–Trinajstić information content (AvgIpc) is 3.02. The normalized spacial score (nSPS) is 32.0. The highest BCUT2D eigenvalue weighted by atomic mass is 19.1. The van der Waals surface area contributed by atoms with Crippen LogP contribution >= 0.6 is 0 Å². The molecule has 5 fully saturated rings. The van der Waals surface area contributed by atoms with Crippen molar-refractivity contribution in [1.82, 2.24) is 16.0 Å². The Morgan fingerprint density at radius 2 is 1.65 bits per heavy atom. The van der Waals surface area contributed by atoms with Crippen LogP contribution in [0.5, 0.6) is 0 Å². The molecular weight excluding hydrogens is 551 g/mol. The van der Waals surface area contributed by atoms with E-state index in [9.17, 15) is 18.8 Å². The van der Waals surface area contributed by atoms with Crippen LogP contribution in [-0.4, -0.2) is 54.6 Å². The molecule has 2 aliphatic heterocycles. The predicted octanol–water partition coefficient (Wildman–Crippen LogP) is 4.15. The van der Waals surface area contributed by atoms with Gasteiger partial charge in [0.1, 0.15) is 11.4 Å². The lowest BCUT2D eigenvalue weighted by atomic mass is 9.56. The van der Waals surface area contributed by atoms with Crippen molar-refractivity contribution >= 4 is 17.7 Å². The number of fused-ring (bicyclic) bond motifs is 1. The van der Waals surface area contributed by atoms with Gasteiger partial charge in [-0.1, -0.05) is 0 Å². The van der Waals surface area contributed by atoms with E-state index in [1.807, 2.05) is 13.8 Å². The zero-order valence-corrected chi connectivity index (χ0v) is 25.7. The molecule has 4 unspecified atom stereocenters. The number of carbonyl (C=O) groups excluding carboxylic acids is 3. The first kappa shape index (κ1) is 31.9. The Morgan fingerprint density at radius 3 is 2.37 bits per heavy atom. The van der Waals surface area contributed by atoms with Crippen molar-refractivity contribution in [3.05, 3.63) is 35.6 Å². The van der Waals surface area contributed by atoms with E-state index in [4.69, 9.17) is 15.5 Å². The molecule has 4 atom stereocenters. The third-order valence-corrected chi connectivity index (χ3v) is 10.0. The Bertz CT molecular complexity index is 1150. The maximum atomic E-state index is 13.7. The molecule has 1 aromatic carbocycles. The van der Waals surface area contributed by atoms with Crippen molar-refractivity contribution in [2.45, 2.75) is 108 Å². The molecule has 0 radical (unpaired) electrons. The van der Waals surface area contributed by atoms with E-state index in [0.717, 1.165) is 57.8 Å². The standard InChI is InChI=1S/C33H49FN4O5/c1-31(2,35)21-38-28(39)16-22-8-10-33(11-9-22)19-24-14-23-15-27(42-43-33)20-32(17-23,18-24)30(41)37-13-3-12-36-29(40)25-4-6-26(34)7-5-25/h4-7,22-24,27H,3,8-21,35H2,1-2H3,(H,36,40)(H,37,41)(H,38,39)/t22-,23?,24?,27?,32?,33+. The molecule has 238 valence electrons. The fourth-order valence-electron chi connectivity index (χ4n) is 8.04. The number of rotatable bonds is 10. The Balaban J connectivity index is 1.11. The molecule has 0 aromatic heterocycles. The molecule has 43 heavy (non-hydrogen) atoms. The molecule has 6 rings (SSSR count). The van der Waals surface area contributed by atoms with Gasteiger partial charge in [-0.3, -0.25) is 14.4 Å². The number of carbonyl (C=O) groups is 3. The van der Waals surface area contributed by atoms with E-state index in [1.165, 1.54) is 24.3 Å². The molecule has 1 aromatic rings. The Hall–Kier alpha value is -2.56. The summed E-state index contributed by atoms with van der Waals surface area (Å²) in [6, 6.07) is 5.45. The quantitative estimate of drug-likeness (QED) is 0.236. The number of hydrogen-bond donors (Lipinski definition) is 4. The number of benzene rings is 1. The molecule has 2 heterocycles. The monoisotopic (exact) mass is 600 g/mol. The molecule has 4 bridgehead atoms. The van der Waals surface area contributed by atoms with Crippen LogP contribution in [0.25, 0.3) is 0 Å². The molecule has 1 spiro atoms. The van der Waals surface area contributed by atoms with Crippen LogP contribution in [0.1, 0.15) is 101 Å². The van der Waals surface area contributed by atoms with Gasteiger partial charge >= 0.3 is 0 Å². The molecule has 10 heteroatoms. The fraction of sp³-hybridized carbons (Fsp3) is 0.727. The van der Waals surface area contributed by atoms with E-state index in [-0.39, 0.29) is 35.2 Å². The Kier molecular flexibility index (Phi) is 9.78. The second kappa shape index (κ2) is 13.2. The zero-order valence-electron chi connectivity index (χ0n) is 25.7.